The molecule has 0 fully saturated rings. The maximum atomic E-state index is 12.1. The average Bonchev–Trinajstić information content (AvgIpc) is 2.39. The summed E-state index contributed by atoms with van der Waals surface area (Å²) in [6, 6.07) is 12.2. The molecule has 1 aromatic heterocycles. The van der Waals surface area contributed by atoms with Gasteiger partial charge in [-0.2, -0.15) is 0 Å². The van der Waals surface area contributed by atoms with Crippen LogP contribution in [0.3, 0.4) is 0 Å². The van der Waals surface area contributed by atoms with Crippen LogP contribution in [-0.4, -0.2) is 34.4 Å². The molecule has 1 N–H and O–H groups in total. The van der Waals surface area contributed by atoms with Gasteiger partial charge in [0.2, 0.25) is 0 Å². The molecule has 4 heteroatoms. The molecule has 1 aromatic carbocycles. The van der Waals surface area contributed by atoms with E-state index in [1.807, 2.05) is 37.1 Å². The number of carbonyl (C=O) groups is 1. The summed E-state index contributed by atoms with van der Waals surface area (Å²) in [4.78, 5) is 18.4. The first-order chi connectivity index (χ1) is 9.54. The number of likely N-dealkylation sites (N-methyl/N-ethyl adjacent to an activating group) is 1. The Morgan fingerprint density at radius 2 is 1.90 bits per heavy atom. The van der Waals surface area contributed by atoms with Crippen LogP contribution >= 0.6 is 0 Å². The van der Waals surface area contributed by atoms with E-state index >= 15 is 0 Å². The highest BCUT2D eigenvalue weighted by molar-refractivity contribution is 5.97. The van der Waals surface area contributed by atoms with E-state index in [1.54, 1.807) is 12.1 Å². The van der Waals surface area contributed by atoms with Crippen molar-refractivity contribution in [2.75, 3.05) is 13.6 Å². The van der Waals surface area contributed by atoms with Crippen molar-refractivity contribution in [3.05, 3.63) is 59.4 Å². The number of nitrogens with zero attached hydrogens (tertiary/aromatic N) is 2. The SMILES string of the molecule is Cc1cccc(CN(C)CC(=O)c2ccc(O)cc2)n1. The van der Waals surface area contributed by atoms with E-state index in [0.29, 0.717) is 18.7 Å². The molecular weight excluding hydrogens is 252 g/mol. The predicted molar refractivity (Wildman–Crippen MR) is 77.7 cm³/mol. The van der Waals surface area contributed by atoms with Crippen molar-refractivity contribution in [3.8, 4) is 5.75 Å². The lowest BCUT2D eigenvalue weighted by atomic mass is 10.1. The van der Waals surface area contributed by atoms with Crippen LogP contribution in [0.25, 0.3) is 0 Å². The number of aromatic nitrogens is 1. The third-order valence-corrected chi connectivity index (χ3v) is 2.98. The van der Waals surface area contributed by atoms with E-state index in [0.717, 1.165) is 11.4 Å². The molecule has 0 aliphatic heterocycles. The number of aryl methyl sites for hydroxylation is 1. The normalized spacial score (nSPS) is 10.8. The number of phenolic OH excluding ortho intramolecular Hbond substituents is 1. The summed E-state index contributed by atoms with van der Waals surface area (Å²) in [6.45, 7) is 2.90. The minimum Gasteiger partial charge on any atom is -0.508 e. The topological polar surface area (TPSA) is 53.4 Å². The second kappa shape index (κ2) is 6.30. The third-order valence-electron chi connectivity index (χ3n) is 2.98. The fraction of sp³-hybridized carbons (Fsp3) is 0.250. The van der Waals surface area contributed by atoms with Crippen LogP contribution in [0.4, 0.5) is 0 Å². The van der Waals surface area contributed by atoms with Crippen molar-refractivity contribution >= 4 is 5.78 Å². The van der Waals surface area contributed by atoms with Crippen LogP contribution in [0, 0.1) is 6.92 Å². The molecule has 0 spiro atoms. The number of aromatic hydroxyl groups is 1. The van der Waals surface area contributed by atoms with Gasteiger partial charge in [0.1, 0.15) is 5.75 Å². The van der Waals surface area contributed by atoms with Crippen molar-refractivity contribution in [1.82, 2.24) is 9.88 Å². The summed E-state index contributed by atoms with van der Waals surface area (Å²) >= 11 is 0. The Labute approximate surface area is 118 Å². The lowest BCUT2D eigenvalue weighted by molar-refractivity contribution is 0.0942. The van der Waals surface area contributed by atoms with Crippen LogP contribution in [-0.2, 0) is 6.54 Å². The van der Waals surface area contributed by atoms with Gasteiger partial charge in [-0.15, -0.1) is 0 Å². The average molecular weight is 270 g/mol. The van der Waals surface area contributed by atoms with Crippen molar-refractivity contribution in [2.45, 2.75) is 13.5 Å². The molecule has 0 bridgehead atoms. The molecule has 104 valence electrons. The smallest absolute Gasteiger partial charge is 0.176 e. The second-order valence-corrected chi connectivity index (χ2v) is 4.91. The maximum absolute atomic E-state index is 12.1. The molecule has 0 atom stereocenters. The number of benzene rings is 1. The molecule has 0 amide bonds. The lowest BCUT2D eigenvalue weighted by Crippen LogP contribution is -2.26. The van der Waals surface area contributed by atoms with Crippen molar-refractivity contribution in [1.29, 1.82) is 0 Å². The molecular formula is C16H18N2O2. The maximum Gasteiger partial charge on any atom is 0.176 e. The molecule has 0 saturated heterocycles. The van der Waals surface area contributed by atoms with Gasteiger partial charge in [-0.1, -0.05) is 6.07 Å². The standard InChI is InChI=1S/C16H18N2O2/c1-12-4-3-5-14(17-12)10-18(2)11-16(20)13-6-8-15(19)9-7-13/h3-9,19H,10-11H2,1-2H3. The molecule has 0 saturated carbocycles. The van der Waals surface area contributed by atoms with Gasteiger partial charge in [-0.25, -0.2) is 0 Å². The fourth-order valence-electron chi connectivity index (χ4n) is 2.00. The Kier molecular flexibility index (Phi) is 4.48. The number of ketones is 1. The number of pyridine rings is 1. The summed E-state index contributed by atoms with van der Waals surface area (Å²) in [5, 5.41) is 9.21. The second-order valence-electron chi connectivity index (χ2n) is 4.91. The molecule has 2 rings (SSSR count). The van der Waals surface area contributed by atoms with E-state index in [2.05, 4.69) is 4.98 Å². The van der Waals surface area contributed by atoms with E-state index in [4.69, 9.17) is 0 Å². The predicted octanol–water partition coefficient (Wildman–Crippen LogP) is 2.41. The Morgan fingerprint density at radius 3 is 2.55 bits per heavy atom. The number of Topliss-reactive ketones (excluding diaryl/α,β-unsaturated/α-hetero) is 1. The van der Waals surface area contributed by atoms with Gasteiger partial charge in [0.05, 0.1) is 12.2 Å². The molecule has 0 unspecified atom stereocenters. The number of hydrogen-bond acceptors (Lipinski definition) is 4. The molecule has 20 heavy (non-hydrogen) atoms. The van der Waals surface area contributed by atoms with Crippen LogP contribution in [0.2, 0.25) is 0 Å². The van der Waals surface area contributed by atoms with Crippen molar-refractivity contribution in [2.24, 2.45) is 0 Å². The Bertz CT molecular complexity index is 594. The first kappa shape index (κ1) is 14.2. The monoisotopic (exact) mass is 270 g/mol. The zero-order valence-corrected chi connectivity index (χ0v) is 11.7. The molecule has 0 aliphatic rings. The first-order valence-electron chi connectivity index (χ1n) is 6.48. The van der Waals surface area contributed by atoms with E-state index in [-0.39, 0.29) is 11.5 Å². The van der Waals surface area contributed by atoms with E-state index in [1.165, 1.54) is 12.1 Å². The van der Waals surface area contributed by atoms with Crippen LogP contribution in [0.1, 0.15) is 21.7 Å². The highest BCUT2D eigenvalue weighted by Gasteiger charge is 2.10. The zero-order chi connectivity index (χ0) is 14.5. The van der Waals surface area contributed by atoms with Gasteiger partial charge in [0.15, 0.2) is 5.78 Å². The summed E-state index contributed by atoms with van der Waals surface area (Å²) in [5.74, 6) is 0.194. The number of hydrogen-bond donors (Lipinski definition) is 1. The molecule has 4 nitrogen and oxygen atoms in total. The highest BCUT2D eigenvalue weighted by Crippen LogP contribution is 2.11. The van der Waals surface area contributed by atoms with E-state index in [9.17, 15) is 9.90 Å². The fourth-order valence-corrected chi connectivity index (χ4v) is 2.00. The Balaban J connectivity index is 1.95. The molecule has 0 radical (unpaired) electrons. The molecule has 0 aliphatic carbocycles. The summed E-state index contributed by atoms with van der Waals surface area (Å²) in [5.41, 5.74) is 2.53. The third kappa shape index (κ3) is 3.90. The zero-order valence-electron chi connectivity index (χ0n) is 11.7. The van der Waals surface area contributed by atoms with Crippen molar-refractivity contribution in [3.63, 3.8) is 0 Å². The molecule has 2 aromatic rings. The molecule has 1 heterocycles. The minimum atomic E-state index is 0.0279. The lowest BCUT2D eigenvalue weighted by Gasteiger charge is -2.15. The summed E-state index contributed by atoms with van der Waals surface area (Å²) < 4.78 is 0. The van der Waals surface area contributed by atoms with Gasteiger partial charge < -0.3 is 5.11 Å². The quantitative estimate of drug-likeness (QED) is 0.848. The summed E-state index contributed by atoms with van der Waals surface area (Å²) in [7, 11) is 1.89. The minimum absolute atomic E-state index is 0.0279. The number of carbonyl (C=O) groups excluding carboxylic acids is 1. The van der Waals surface area contributed by atoms with Crippen LogP contribution in [0.5, 0.6) is 5.75 Å². The van der Waals surface area contributed by atoms with Crippen LogP contribution < -0.4 is 0 Å². The Hall–Kier alpha value is -2.20. The van der Waals surface area contributed by atoms with Crippen molar-refractivity contribution < 1.29 is 9.90 Å². The van der Waals surface area contributed by atoms with Gasteiger partial charge in [-0.3, -0.25) is 14.7 Å². The Morgan fingerprint density at radius 1 is 1.20 bits per heavy atom. The van der Waals surface area contributed by atoms with Gasteiger partial charge in [0.25, 0.3) is 0 Å². The largest absolute Gasteiger partial charge is 0.508 e. The number of rotatable bonds is 5. The summed E-state index contributed by atoms with van der Waals surface area (Å²) in [6.07, 6.45) is 0. The van der Waals surface area contributed by atoms with E-state index < -0.39 is 0 Å². The van der Waals surface area contributed by atoms with Gasteiger partial charge in [-0.05, 0) is 50.4 Å². The van der Waals surface area contributed by atoms with Gasteiger partial charge >= 0.3 is 0 Å². The highest BCUT2D eigenvalue weighted by atomic mass is 16.3. The first-order valence-corrected chi connectivity index (χ1v) is 6.48. The van der Waals surface area contributed by atoms with Gasteiger partial charge in [0, 0.05) is 17.8 Å². The van der Waals surface area contributed by atoms with Crippen LogP contribution in [0.15, 0.2) is 42.5 Å². The number of phenols is 1.